The summed E-state index contributed by atoms with van der Waals surface area (Å²) in [7, 11) is 0. The number of nitrogens with zero attached hydrogens (tertiary/aromatic N) is 6. The highest BCUT2D eigenvalue weighted by molar-refractivity contribution is 6.24. The number of tetrazole rings is 1. The van der Waals surface area contributed by atoms with Crippen molar-refractivity contribution in [2.75, 3.05) is 6.54 Å². The summed E-state index contributed by atoms with van der Waals surface area (Å²) in [5.41, 5.74) is 5.80. The molecular formula is C35H35N7O4. The third-order valence-corrected chi connectivity index (χ3v) is 9.19. The first kappa shape index (κ1) is 29.7. The largest absolute Gasteiger partial charge is 0.460 e. The van der Waals surface area contributed by atoms with Gasteiger partial charge in [0.1, 0.15) is 12.8 Å². The molecule has 4 heterocycles. The molecule has 1 aromatic heterocycles. The zero-order valence-electron chi connectivity index (χ0n) is 25.6. The summed E-state index contributed by atoms with van der Waals surface area (Å²) in [6.07, 6.45) is 3.29. The lowest BCUT2D eigenvalue weighted by atomic mass is 9.93. The maximum atomic E-state index is 13.5. The topological polar surface area (TPSA) is 134 Å². The molecule has 4 aromatic rings. The number of fused-ring (bicyclic) bond motifs is 2. The van der Waals surface area contributed by atoms with E-state index in [4.69, 9.17) is 9.73 Å². The van der Waals surface area contributed by atoms with Crippen LogP contribution in [0.5, 0.6) is 0 Å². The molecule has 234 valence electrons. The van der Waals surface area contributed by atoms with Gasteiger partial charge in [0.25, 0.3) is 0 Å². The summed E-state index contributed by atoms with van der Waals surface area (Å²) in [5.74, 6) is -2.50. The number of benzene rings is 3. The molecule has 4 atom stereocenters. The molecule has 1 N–H and O–H groups in total. The van der Waals surface area contributed by atoms with Crippen LogP contribution in [0, 0.1) is 5.92 Å². The first-order valence-corrected chi connectivity index (χ1v) is 15.8. The molecule has 2 saturated heterocycles. The van der Waals surface area contributed by atoms with Gasteiger partial charge in [0, 0.05) is 30.8 Å². The summed E-state index contributed by atoms with van der Waals surface area (Å²) >= 11 is 0. The molecule has 1 amide bonds. The van der Waals surface area contributed by atoms with E-state index in [-0.39, 0.29) is 24.6 Å². The van der Waals surface area contributed by atoms with Crippen LogP contribution >= 0.6 is 0 Å². The summed E-state index contributed by atoms with van der Waals surface area (Å²) < 4.78 is 5.42. The lowest BCUT2D eigenvalue weighted by molar-refractivity contribution is -0.155. The van der Waals surface area contributed by atoms with Gasteiger partial charge < -0.3 is 9.64 Å². The number of aliphatic imine (C=N–C) groups is 1. The van der Waals surface area contributed by atoms with E-state index >= 15 is 0 Å². The Balaban J connectivity index is 1.08. The van der Waals surface area contributed by atoms with Crippen LogP contribution in [0.4, 0.5) is 0 Å². The fourth-order valence-electron chi connectivity index (χ4n) is 6.82. The molecule has 0 spiro atoms. The van der Waals surface area contributed by atoms with Gasteiger partial charge in [0.2, 0.25) is 11.7 Å². The SMILES string of the molecule is CCCCC1N=C2CC3C(=O)C(C(=O)OCc4ccccc4)C(=O)N3CC2N1Cc1ccc(-c2ccccc2-c2nn[nH]n2)cc1. The van der Waals surface area contributed by atoms with Gasteiger partial charge in [-0.2, -0.15) is 5.21 Å². The molecule has 46 heavy (non-hydrogen) atoms. The van der Waals surface area contributed by atoms with Crippen molar-refractivity contribution in [1.82, 2.24) is 30.4 Å². The summed E-state index contributed by atoms with van der Waals surface area (Å²) in [5, 5.41) is 14.5. The minimum Gasteiger partial charge on any atom is -0.460 e. The van der Waals surface area contributed by atoms with Gasteiger partial charge in [0.15, 0.2) is 11.7 Å². The van der Waals surface area contributed by atoms with Crippen LogP contribution in [0.25, 0.3) is 22.5 Å². The number of nitrogens with one attached hydrogen (secondary N) is 1. The second-order valence-corrected chi connectivity index (χ2v) is 12.0. The number of H-pyrrole nitrogens is 1. The third-order valence-electron chi connectivity index (χ3n) is 9.19. The van der Waals surface area contributed by atoms with Crippen LogP contribution in [0.2, 0.25) is 0 Å². The molecule has 2 fully saturated rings. The van der Waals surface area contributed by atoms with Crippen LogP contribution in [0.1, 0.15) is 43.7 Å². The molecule has 3 aliphatic heterocycles. The molecule has 0 saturated carbocycles. The van der Waals surface area contributed by atoms with Crippen molar-refractivity contribution >= 4 is 23.4 Å². The molecule has 11 heteroatoms. The van der Waals surface area contributed by atoms with E-state index in [1.165, 1.54) is 0 Å². The molecular weight excluding hydrogens is 582 g/mol. The lowest BCUT2D eigenvalue weighted by Gasteiger charge is -2.38. The van der Waals surface area contributed by atoms with E-state index in [0.29, 0.717) is 25.3 Å². The maximum absolute atomic E-state index is 13.5. The number of esters is 1. The Morgan fingerprint density at radius 1 is 0.935 bits per heavy atom. The van der Waals surface area contributed by atoms with Gasteiger partial charge >= 0.3 is 5.97 Å². The zero-order valence-corrected chi connectivity index (χ0v) is 25.6. The molecule has 3 aromatic carbocycles. The van der Waals surface area contributed by atoms with Crippen LogP contribution in [0.3, 0.4) is 0 Å². The second kappa shape index (κ2) is 12.8. The first-order valence-electron chi connectivity index (χ1n) is 15.8. The van der Waals surface area contributed by atoms with Gasteiger partial charge in [-0.15, -0.1) is 10.2 Å². The average molecular weight is 618 g/mol. The number of ketones is 1. The standard InChI is InChI=1S/C35H35N7O4/c1-2-3-13-30-36-27-18-28-32(43)31(35(45)46-21-23-9-5-4-6-10-23)34(44)42(28)20-29(27)41(30)19-22-14-16-24(17-15-22)25-11-7-8-12-26(25)33-37-39-40-38-33/h4-12,14-17,28-31H,2-3,13,18-21H2,1H3,(H,37,38,39,40). The van der Waals surface area contributed by atoms with Crippen molar-refractivity contribution in [1.29, 1.82) is 0 Å². The highest BCUT2D eigenvalue weighted by atomic mass is 16.5. The predicted molar refractivity (Wildman–Crippen MR) is 170 cm³/mol. The van der Waals surface area contributed by atoms with Crippen molar-refractivity contribution in [2.24, 2.45) is 10.9 Å². The molecule has 0 radical (unpaired) electrons. The van der Waals surface area contributed by atoms with Crippen molar-refractivity contribution < 1.29 is 19.1 Å². The van der Waals surface area contributed by atoms with E-state index in [1.54, 1.807) is 4.90 Å². The van der Waals surface area contributed by atoms with Crippen molar-refractivity contribution in [2.45, 2.75) is 64.0 Å². The Morgan fingerprint density at radius 2 is 1.70 bits per heavy atom. The van der Waals surface area contributed by atoms with E-state index < -0.39 is 23.8 Å². The number of carbonyl (C=O) groups is 3. The second-order valence-electron chi connectivity index (χ2n) is 12.0. The van der Waals surface area contributed by atoms with Crippen molar-refractivity contribution in [3.05, 3.63) is 90.0 Å². The van der Waals surface area contributed by atoms with Gasteiger partial charge in [-0.25, -0.2) is 0 Å². The minimum atomic E-state index is -1.42. The lowest BCUT2D eigenvalue weighted by Crippen LogP contribution is -2.55. The Labute approximate surface area is 266 Å². The first-order chi connectivity index (χ1) is 22.5. The fourth-order valence-corrected chi connectivity index (χ4v) is 6.82. The van der Waals surface area contributed by atoms with Gasteiger partial charge in [0.05, 0.1) is 12.1 Å². The van der Waals surface area contributed by atoms with E-state index in [1.807, 2.05) is 54.6 Å². The summed E-state index contributed by atoms with van der Waals surface area (Å²) in [4.78, 5) is 49.0. The van der Waals surface area contributed by atoms with Crippen LogP contribution in [-0.4, -0.2) is 78.6 Å². The van der Waals surface area contributed by atoms with Crippen LogP contribution in [0.15, 0.2) is 83.9 Å². The number of amides is 1. The van der Waals surface area contributed by atoms with Gasteiger partial charge in [-0.3, -0.25) is 24.3 Å². The highest BCUT2D eigenvalue weighted by Crippen LogP contribution is 2.36. The van der Waals surface area contributed by atoms with E-state index in [2.05, 4.69) is 56.7 Å². The monoisotopic (exact) mass is 617 g/mol. The number of hydrogen-bond acceptors (Lipinski definition) is 9. The number of piperidine rings is 1. The number of Topliss-reactive ketones (excluding diaryl/α,β-unsaturated/α-hetero) is 1. The smallest absolute Gasteiger partial charge is 0.326 e. The van der Waals surface area contributed by atoms with E-state index in [9.17, 15) is 14.4 Å². The van der Waals surface area contributed by atoms with Crippen molar-refractivity contribution in [3.63, 3.8) is 0 Å². The Hall–Kier alpha value is -5.03. The maximum Gasteiger partial charge on any atom is 0.326 e. The normalized spacial score (nSPS) is 22.5. The number of aromatic amines is 1. The average Bonchev–Trinajstić information content (AvgIpc) is 3.80. The highest BCUT2D eigenvalue weighted by Gasteiger charge is 2.56. The summed E-state index contributed by atoms with van der Waals surface area (Å²) in [6, 6.07) is 24.8. The molecule has 11 nitrogen and oxygen atoms in total. The number of rotatable bonds is 10. The molecule has 4 unspecified atom stereocenters. The third kappa shape index (κ3) is 5.62. The van der Waals surface area contributed by atoms with E-state index in [0.717, 1.165) is 52.8 Å². The molecule has 7 rings (SSSR count). The summed E-state index contributed by atoms with van der Waals surface area (Å²) in [6.45, 7) is 3.15. The Bertz CT molecular complexity index is 1760. The van der Waals surface area contributed by atoms with Gasteiger partial charge in [-0.05, 0) is 33.9 Å². The number of ether oxygens (including phenoxy) is 1. The predicted octanol–water partition coefficient (Wildman–Crippen LogP) is 4.22. The molecule has 0 bridgehead atoms. The Morgan fingerprint density at radius 3 is 2.43 bits per heavy atom. The zero-order chi connectivity index (χ0) is 31.6. The quantitative estimate of drug-likeness (QED) is 0.207. The number of carbonyl (C=O) groups excluding carboxylic acids is 3. The number of unbranched alkanes of at least 4 members (excludes halogenated alkanes) is 1. The molecule has 3 aliphatic rings. The molecule has 0 aliphatic carbocycles. The Kier molecular flexibility index (Phi) is 8.23. The van der Waals surface area contributed by atoms with Gasteiger partial charge in [-0.1, -0.05) is 98.6 Å². The minimum absolute atomic E-state index is 0.0189. The fraction of sp³-hybridized carbons (Fsp3) is 0.343. The van der Waals surface area contributed by atoms with Crippen LogP contribution < -0.4 is 0 Å². The number of hydrogen-bond donors (Lipinski definition) is 1. The number of aromatic nitrogens is 4. The van der Waals surface area contributed by atoms with Crippen LogP contribution in [-0.2, 0) is 32.3 Å². The van der Waals surface area contributed by atoms with Crippen molar-refractivity contribution in [3.8, 4) is 22.5 Å².